The van der Waals surface area contributed by atoms with Crippen LogP contribution in [-0.4, -0.2) is 18.1 Å². The Balaban J connectivity index is 1.60. The number of rotatable bonds is 5. The molecule has 5 N–H and O–H groups in total. The van der Waals surface area contributed by atoms with Crippen molar-refractivity contribution in [1.82, 2.24) is 21.7 Å². The third-order valence-electron chi connectivity index (χ3n) is 3.61. The van der Waals surface area contributed by atoms with Gasteiger partial charge in [-0.25, -0.2) is 15.2 Å². The van der Waals surface area contributed by atoms with Gasteiger partial charge in [0.25, 0.3) is 0 Å². The third-order valence-corrected chi connectivity index (χ3v) is 4.11. The van der Waals surface area contributed by atoms with Crippen LogP contribution in [0.5, 0.6) is 0 Å². The summed E-state index contributed by atoms with van der Waals surface area (Å²) in [6.07, 6.45) is -0.496. The van der Waals surface area contributed by atoms with E-state index in [9.17, 15) is 9.18 Å². The second-order valence-electron chi connectivity index (χ2n) is 5.34. The van der Waals surface area contributed by atoms with Gasteiger partial charge in [-0.1, -0.05) is 40.2 Å². The second-order valence-corrected chi connectivity index (χ2v) is 6.26. The highest BCUT2D eigenvalue weighted by Crippen LogP contribution is 2.15. The molecule has 1 aliphatic rings. The molecule has 1 heterocycles. The minimum Gasteiger partial charge on any atom is -0.365 e. The molecule has 24 heavy (non-hydrogen) atoms. The molecule has 8 heteroatoms. The van der Waals surface area contributed by atoms with Gasteiger partial charge in [-0.2, -0.15) is 5.53 Å². The van der Waals surface area contributed by atoms with Gasteiger partial charge in [0.05, 0.1) is 5.69 Å². The summed E-state index contributed by atoms with van der Waals surface area (Å²) >= 11 is 3.40. The molecule has 1 saturated heterocycles. The number of carbonyl (C=O) groups excluding carboxylic acids is 1. The zero-order valence-corrected chi connectivity index (χ0v) is 14.2. The number of hydrogen-bond donors (Lipinski definition) is 5. The summed E-state index contributed by atoms with van der Waals surface area (Å²) in [5.74, 6) is -0.583. The summed E-state index contributed by atoms with van der Waals surface area (Å²) in [5, 5.41) is 5.83. The lowest BCUT2D eigenvalue weighted by molar-refractivity contribution is -0.123. The average molecular weight is 394 g/mol. The monoisotopic (exact) mass is 393 g/mol. The van der Waals surface area contributed by atoms with E-state index in [4.69, 9.17) is 0 Å². The molecule has 0 spiro atoms. The molecule has 0 bridgehead atoms. The largest absolute Gasteiger partial charge is 0.365 e. The molecule has 2 aromatic carbocycles. The molecule has 0 saturated carbocycles. The van der Waals surface area contributed by atoms with Crippen LogP contribution in [0.25, 0.3) is 0 Å². The van der Waals surface area contributed by atoms with Gasteiger partial charge < -0.3 is 10.6 Å². The van der Waals surface area contributed by atoms with Crippen LogP contribution in [0.15, 0.2) is 53.0 Å². The number of anilines is 1. The average Bonchev–Trinajstić information content (AvgIpc) is 3.03. The first-order valence-electron chi connectivity index (χ1n) is 7.43. The van der Waals surface area contributed by atoms with Crippen molar-refractivity contribution in [3.63, 3.8) is 0 Å². The Bertz CT molecular complexity index is 729. The van der Waals surface area contributed by atoms with Crippen LogP contribution in [0.2, 0.25) is 0 Å². The molecule has 2 atom stereocenters. The Morgan fingerprint density at radius 3 is 2.79 bits per heavy atom. The summed E-state index contributed by atoms with van der Waals surface area (Å²) in [6.45, 7) is 0.406. The van der Waals surface area contributed by atoms with E-state index >= 15 is 0 Å². The number of halogens is 2. The van der Waals surface area contributed by atoms with E-state index in [1.165, 1.54) is 6.07 Å². The number of hydrazine groups is 2. The Labute approximate surface area is 147 Å². The van der Waals surface area contributed by atoms with Crippen LogP contribution < -0.4 is 27.0 Å². The fraction of sp³-hybridized carbons (Fsp3) is 0.188. The van der Waals surface area contributed by atoms with Gasteiger partial charge in [-0.05, 0) is 29.8 Å². The third kappa shape index (κ3) is 4.09. The molecule has 1 aliphatic heterocycles. The number of hydrogen-bond acceptors (Lipinski definition) is 5. The molecular weight excluding hydrogens is 377 g/mol. The predicted octanol–water partition coefficient (Wildman–Crippen LogP) is 1.62. The molecule has 0 aliphatic carbocycles. The highest BCUT2D eigenvalue weighted by atomic mass is 79.9. The van der Waals surface area contributed by atoms with E-state index in [0.29, 0.717) is 12.2 Å². The lowest BCUT2D eigenvalue weighted by Gasteiger charge is -2.20. The van der Waals surface area contributed by atoms with Crippen molar-refractivity contribution in [1.29, 1.82) is 0 Å². The van der Waals surface area contributed by atoms with Crippen LogP contribution in [0.3, 0.4) is 0 Å². The first-order valence-corrected chi connectivity index (χ1v) is 8.22. The van der Waals surface area contributed by atoms with Crippen LogP contribution in [0.1, 0.15) is 5.56 Å². The van der Waals surface area contributed by atoms with Gasteiger partial charge in [0.2, 0.25) is 5.91 Å². The molecule has 3 rings (SSSR count). The standard InChI is InChI=1S/C16H17BrFN5O/c17-11-5-3-4-10(8-11)9-19-16(24)14-15(22-23-21-14)20-13-7-2-1-6-12(13)18/h1-8,14-15,20-23H,9H2,(H,19,24). The number of carbonyl (C=O) groups is 1. The van der Waals surface area contributed by atoms with Gasteiger partial charge in [0, 0.05) is 11.0 Å². The maximum absolute atomic E-state index is 13.7. The lowest BCUT2D eigenvalue weighted by atomic mass is 10.2. The fourth-order valence-electron chi connectivity index (χ4n) is 2.39. The van der Waals surface area contributed by atoms with Crippen molar-refractivity contribution < 1.29 is 9.18 Å². The van der Waals surface area contributed by atoms with Crippen LogP contribution in [-0.2, 0) is 11.3 Å². The van der Waals surface area contributed by atoms with Gasteiger partial charge in [-0.3, -0.25) is 4.79 Å². The van der Waals surface area contributed by atoms with Gasteiger partial charge in [0.1, 0.15) is 18.0 Å². The van der Waals surface area contributed by atoms with Crippen LogP contribution >= 0.6 is 15.9 Å². The smallest absolute Gasteiger partial charge is 0.242 e. The van der Waals surface area contributed by atoms with Gasteiger partial charge in [-0.15, -0.1) is 0 Å². The zero-order valence-electron chi connectivity index (χ0n) is 12.6. The van der Waals surface area contributed by atoms with Crippen molar-refractivity contribution in [2.24, 2.45) is 0 Å². The Morgan fingerprint density at radius 1 is 1.17 bits per heavy atom. The highest BCUT2D eigenvalue weighted by molar-refractivity contribution is 9.10. The van der Waals surface area contributed by atoms with Crippen LogP contribution in [0, 0.1) is 5.82 Å². The van der Waals surface area contributed by atoms with Crippen LogP contribution in [0.4, 0.5) is 10.1 Å². The first kappa shape index (κ1) is 16.8. The summed E-state index contributed by atoms with van der Waals surface area (Å²) in [4.78, 5) is 12.4. The van der Waals surface area contributed by atoms with Crippen molar-refractivity contribution in [3.05, 3.63) is 64.4 Å². The van der Waals surface area contributed by atoms with E-state index in [0.717, 1.165) is 10.0 Å². The molecule has 2 aromatic rings. The Kier molecular flexibility index (Phi) is 5.41. The molecule has 1 fully saturated rings. The number of benzene rings is 2. The maximum atomic E-state index is 13.7. The van der Waals surface area contributed by atoms with E-state index in [-0.39, 0.29) is 11.7 Å². The summed E-state index contributed by atoms with van der Waals surface area (Å²) in [6, 6.07) is 13.4. The van der Waals surface area contributed by atoms with E-state index in [2.05, 4.69) is 42.9 Å². The van der Waals surface area contributed by atoms with E-state index in [1.807, 2.05) is 24.3 Å². The first-order chi connectivity index (χ1) is 11.6. The zero-order chi connectivity index (χ0) is 16.9. The topological polar surface area (TPSA) is 77.2 Å². The summed E-state index contributed by atoms with van der Waals surface area (Å²) < 4.78 is 14.7. The van der Waals surface area contributed by atoms with Crippen molar-refractivity contribution in [2.75, 3.05) is 5.32 Å². The van der Waals surface area contributed by atoms with Crippen molar-refractivity contribution in [2.45, 2.75) is 18.8 Å². The Hall–Kier alpha value is -2.00. The number of nitrogens with one attached hydrogen (secondary N) is 5. The fourth-order valence-corrected chi connectivity index (χ4v) is 2.84. The quantitative estimate of drug-likeness (QED) is 0.533. The summed E-state index contributed by atoms with van der Waals surface area (Å²) in [7, 11) is 0. The normalized spacial score (nSPS) is 19.9. The number of para-hydroxylation sites is 1. The van der Waals surface area contributed by atoms with E-state index < -0.39 is 12.2 Å². The minimum absolute atomic E-state index is 0.207. The maximum Gasteiger partial charge on any atom is 0.242 e. The minimum atomic E-state index is -0.600. The molecule has 2 unspecified atom stereocenters. The molecular formula is C16H17BrFN5O. The van der Waals surface area contributed by atoms with Crippen molar-refractivity contribution >= 4 is 27.5 Å². The van der Waals surface area contributed by atoms with Gasteiger partial charge >= 0.3 is 0 Å². The molecule has 1 amide bonds. The predicted molar refractivity (Wildman–Crippen MR) is 93.0 cm³/mol. The number of amides is 1. The summed E-state index contributed by atoms with van der Waals surface area (Å²) in [5.41, 5.74) is 9.69. The molecule has 0 radical (unpaired) electrons. The second kappa shape index (κ2) is 7.71. The lowest BCUT2D eigenvalue weighted by Crippen LogP contribution is -2.50. The highest BCUT2D eigenvalue weighted by Gasteiger charge is 2.32. The van der Waals surface area contributed by atoms with E-state index in [1.54, 1.807) is 18.2 Å². The van der Waals surface area contributed by atoms with Gasteiger partial charge in [0.15, 0.2) is 0 Å². The molecule has 126 valence electrons. The Morgan fingerprint density at radius 2 is 2.00 bits per heavy atom. The molecule has 6 nitrogen and oxygen atoms in total. The molecule has 0 aromatic heterocycles. The SMILES string of the molecule is O=C(NCc1cccc(Br)c1)C1NNNC1Nc1ccccc1F. The van der Waals surface area contributed by atoms with Crippen molar-refractivity contribution in [3.8, 4) is 0 Å².